The lowest BCUT2D eigenvalue weighted by Crippen LogP contribution is -2.28. The average Bonchev–Trinajstić information content (AvgIpc) is 3.23. The maximum absolute atomic E-state index is 11.1. The summed E-state index contributed by atoms with van der Waals surface area (Å²) in [5, 5.41) is 13.8. The van der Waals surface area contributed by atoms with Crippen molar-refractivity contribution in [2.75, 3.05) is 39.3 Å². The number of ether oxygens (including phenoxy) is 2. The van der Waals surface area contributed by atoms with Crippen molar-refractivity contribution in [3.05, 3.63) is 58.0 Å². The molecule has 0 aliphatic heterocycles. The quantitative estimate of drug-likeness (QED) is 0.201. The normalized spacial score (nSPS) is 10.8. The SMILES string of the molecule is COc1ccc(SN(CN(C)C)c2nc(-c3cccc([N+](=O)[O-])c3)cs2)cc1OC. The molecule has 3 rings (SSSR count). The number of nitro groups is 1. The molecule has 0 saturated heterocycles. The van der Waals surface area contributed by atoms with Crippen molar-refractivity contribution in [3.63, 3.8) is 0 Å². The van der Waals surface area contributed by atoms with Gasteiger partial charge in [0.2, 0.25) is 0 Å². The van der Waals surface area contributed by atoms with Gasteiger partial charge in [-0.25, -0.2) is 4.98 Å². The Balaban J connectivity index is 1.88. The number of nitrogens with zero attached hydrogens (tertiary/aromatic N) is 4. The molecule has 3 aromatic rings. The van der Waals surface area contributed by atoms with Gasteiger partial charge in [-0.3, -0.25) is 19.3 Å². The Morgan fingerprint density at radius 1 is 1.13 bits per heavy atom. The van der Waals surface area contributed by atoms with Crippen molar-refractivity contribution in [2.24, 2.45) is 0 Å². The fourth-order valence-corrected chi connectivity index (χ4v) is 4.60. The van der Waals surface area contributed by atoms with E-state index in [1.807, 2.05) is 48.6 Å². The number of aromatic nitrogens is 1. The van der Waals surface area contributed by atoms with E-state index in [0.717, 1.165) is 10.0 Å². The second kappa shape index (κ2) is 9.79. The monoisotopic (exact) mass is 446 g/mol. The van der Waals surface area contributed by atoms with E-state index in [0.29, 0.717) is 29.4 Å². The molecule has 0 amide bonds. The second-order valence-corrected chi connectivity index (χ2v) is 8.46. The first-order valence-corrected chi connectivity index (χ1v) is 10.6. The van der Waals surface area contributed by atoms with E-state index in [4.69, 9.17) is 14.5 Å². The molecule has 0 bridgehead atoms. The van der Waals surface area contributed by atoms with Crippen molar-refractivity contribution in [1.82, 2.24) is 9.88 Å². The standard InChI is InChI=1S/C20H22N4O4S2/c1-22(2)13-23(30-16-8-9-18(27-3)19(11-16)28-4)20-21-17(12-29-20)14-6-5-7-15(10-14)24(25)26/h5-12H,13H2,1-4H3. The summed E-state index contributed by atoms with van der Waals surface area (Å²) in [5.41, 5.74) is 1.47. The van der Waals surface area contributed by atoms with Crippen LogP contribution >= 0.6 is 23.3 Å². The second-order valence-electron chi connectivity index (χ2n) is 6.53. The van der Waals surface area contributed by atoms with Crippen LogP contribution in [0.4, 0.5) is 10.8 Å². The van der Waals surface area contributed by atoms with Crippen LogP contribution in [0.2, 0.25) is 0 Å². The molecular weight excluding hydrogens is 424 g/mol. The highest BCUT2D eigenvalue weighted by molar-refractivity contribution is 8.00. The Hall–Kier alpha value is -2.82. The summed E-state index contributed by atoms with van der Waals surface area (Å²) in [6, 6.07) is 12.3. The van der Waals surface area contributed by atoms with Gasteiger partial charge in [0, 0.05) is 28.0 Å². The number of anilines is 1. The van der Waals surface area contributed by atoms with E-state index in [1.165, 1.54) is 35.4 Å². The molecule has 0 radical (unpaired) electrons. The van der Waals surface area contributed by atoms with E-state index < -0.39 is 4.92 Å². The molecule has 0 aliphatic rings. The van der Waals surface area contributed by atoms with Crippen molar-refractivity contribution < 1.29 is 14.4 Å². The average molecular weight is 447 g/mol. The summed E-state index contributed by atoms with van der Waals surface area (Å²) >= 11 is 3.02. The fraction of sp³-hybridized carbons (Fsp3) is 0.250. The Bertz CT molecular complexity index is 1030. The van der Waals surface area contributed by atoms with Gasteiger partial charge in [0.05, 0.1) is 31.5 Å². The van der Waals surface area contributed by atoms with E-state index in [2.05, 4.69) is 4.31 Å². The molecule has 0 unspecified atom stereocenters. The van der Waals surface area contributed by atoms with Crippen LogP contribution in [0, 0.1) is 10.1 Å². The minimum Gasteiger partial charge on any atom is -0.493 e. The van der Waals surface area contributed by atoms with Crippen LogP contribution in [0.25, 0.3) is 11.3 Å². The van der Waals surface area contributed by atoms with Crippen LogP contribution in [0.15, 0.2) is 52.7 Å². The van der Waals surface area contributed by atoms with Crippen LogP contribution < -0.4 is 13.8 Å². The number of methoxy groups -OCH3 is 2. The fourth-order valence-electron chi connectivity index (χ4n) is 2.68. The van der Waals surface area contributed by atoms with Crippen LogP contribution in [-0.4, -0.2) is 49.8 Å². The van der Waals surface area contributed by atoms with E-state index in [-0.39, 0.29) is 5.69 Å². The molecule has 0 fully saturated rings. The molecule has 1 aromatic heterocycles. The maximum atomic E-state index is 11.1. The summed E-state index contributed by atoms with van der Waals surface area (Å²) in [7, 11) is 7.18. The number of thiazole rings is 1. The summed E-state index contributed by atoms with van der Waals surface area (Å²) in [6.45, 7) is 0.626. The van der Waals surface area contributed by atoms with Crippen LogP contribution in [0.3, 0.4) is 0 Å². The largest absolute Gasteiger partial charge is 0.493 e. The van der Waals surface area contributed by atoms with Gasteiger partial charge in [0.1, 0.15) is 0 Å². The molecule has 0 N–H and O–H groups in total. The molecule has 0 aliphatic carbocycles. The van der Waals surface area contributed by atoms with E-state index >= 15 is 0 Å². The van der Waals surface area contributed by atoms with Gasteiger partial charge in [0.15, 0.2) is 16.6 Å². The summed E-state index contributed by atoms with van der Waals surface area (Å²) < 4.78 is 12.8. The number of nitro benzene ring substituents is 1. The van der Waals surface area contributed by atoms with Crippen molar-refractivity contribution in [1.29, 1.82) is 0 Å². The van der Waals surface area contributed by atoms with Gasteiger partial charge in [-0.2, -0.15) is 0 Å². The predicted octanol–water partition coefficient (Wildman–Crippen LogP) is 4.77. The topological polar surface area (TPSA) is 81.0 Å². The predicted molar refractivity (Wildman–Crippen MR) is 121 cm³/mol. The van der Waals surface area contributed by atoms with Gasteiger partial charge in [-0.1, -0.05) is 12.1 Å². The maximum Gasteiger partial charge on any atom is 0.270 e. The lowest BCUT2D eigenvalue weighted by molar-refractivity contribution is -0.384. The van der Waals surface area contributed by atoms with E-state index in [1.54, 1.807) is 20.3 Å². The molecule has 0 atom stereocenters. The smallest absolute Gasteiger partial charge is 0.270 e. The Morgan fingerprint density at radius 3 is 2.57 bits per heavy atom. The first-order chi connectivity index (χ1) is 14.4. The zero-order chi connectivity index (χ0) is 21.7. The molecule has 2 aromatic carbocycles. The first kappa shape index (κ1) is 21.9. The molecule has 10 heteroatoms. The zero-order valence-corrected chi connectivity index (χ0v) is 18.7. The van der Waals surface area contributed by atoms with Gasteiger partial charge in [-0.15, -0.1) is 11.3 Å². The van der Waals surface area contributed by atoms with E-state index in [9.17, 15) is 10.1 Å². The van der Waals surface area contributed by atoms with Gasteiger partial charge in [-0.05, 0) is 44.2 Å². The highest BCUT2D eigenvalue weighted by atomic mass is 32.2. The zero-order valence-electron chi connectivity index (χ0n) is 17.1. The van der Waals surface area contributed by atoms with Crippen molar-refractivity contribution in [3.8, 4) is 22.8 Å². The number of benzene rings is 2. The Kier molecular flexibility index (Phi) is 7.14. The Labute approximate surface area is 183 Å². The number of hydrogen-bond acceptors (Lipinski definition) is 9. The van der Waals surface area contributed by atoms with Crippen molar-refractivity contribution >= 4 is 34.1 Å². The molecule has 8 nitrogen and oxygen atoms in total. The Morgan fingerprint density at radius 2 is 1.90 bits per heavy atom. The third-order valence-electron chi connectivity index (χ3n) is 4.04. The number of hydrogen-bond donors (Lipinski definition) is 0. The minimum atomic E-state index is -0.401. The van der Waals surface area contributed by atoms with Crippen LogP contribution in [-0.2, 0) is 0 Å². The first-order valence-electron chi connectivity index (χ1n) is 8.94. The third kappa shape index (κ3) is 5.21. The molecule has 0 saturated carbocycles. The molecule has 0 spiro atoms. The van der Waals surface area contributed by atoms with Gasteiger partial charge >= 0.3 is 0 Å². The van der Waals surface area contributed by atoms with Crippen LogP contribution in [0.5, 0.6) is 11.5 Å². The van der Waals surface area contributed by atoms with Gasteiger partial charge < -0.3 is 9.47 Å². The number of non-ortho nitro benzene ring substituents is 1. The van der Waals surface area contributed by atoms with Crippen LogP contribution in [0.1, 0.15) is 0 Å². The highest BCUT2D eigenvalue weighted by Crippen LogP contribution is 2.37. The molecule has 158 valence electrons. The lowest BCUT2D eigenvalue weighted by Gasteiger charge is -2.24. The summed E-state index contributed by atoms with van der Waals surface area (Å²) in [5.74, 6) is 1.33. The van der Waals surface area contributed by atoms with Gasteiger partial charge in [0.25, 0.3) is 5.69 Å². The lowest BCUT2D eigenvalue weighted by atomic mass is 10.1. The third-order valence-corrected chi connectivity index (χ3v) is 5.99. The molecule has 1 heterocycles. The highest BCUT2D eigenvalue weighted by Gasteiger charge is 2.17. The summed E-state index contributed by atoms with van der Waals surface area (Å²) in [4.78, 5) is 18.4. The molecule has 30 heavy (non-hydrogen) atoms. The summed E-state index contributed by atoms with van der Waals surface area (Å²) in [6.07, 6.45) is 0. The minimum absolute atomic E-state index is 0.0481. The molecular formula is C20H22N4O4S2. The number of rotatable bonds is 9. The van der Waals surface area contributed by atoms with Crippen molar-refractivity contribution in [2.45, 2.75) is 4.90 Å².